The van der Waals surface area contributed by atoms with Gasteiger partial charge in [-0.25, -0.2) is 0 Å². The van der Waals surface area contributed by atoms with Gasteiger partial charge in [0.2, 0.25) is 0 Å². The normalized spacial score (nSPS) is 12.1. The standard InChI is InChI=1S/C10H12N2O4/c1-6-3-2-4-7(10(6)12(15)16)8(11)5-9(13)14/h2-4,8H,5,11H2,1H3,(H,13,14). The van der Waals surface area contributed by atoms with Crippen LogP contribution in [0.15, 0.2) is 18.2 Å². The number of nitrogens with zero attached hydrogens (tertiary/aromatic N) is 1. The SMILES string of the molecule is Cc1cccc(C(N)CC(=O)O)c1[N+](=O)[O-]. The van der Waals surface area contributed by atoms with Crippen LogP contribution in [0.3, 0.4) is 0 Å². The van der Waals surface area contributed by atoms with Gasteiger partial charge in [-0.1, -0.05) is 18.2 Å². The van der Waals surface area contributed by atoms with E-state index in [9.17, 15) is 14.9 Å². The summed E-state index contributed by atoms with van der Waals surface area (Å²) in [4.78, 5) is 20.8. The largest absolute Gasteiger partial charge is 0.481 e. The molecule has 16 heavy (non-hydrogen) atoms. The van der Waals surface area contributed by atoms with E-state index < -0.39 is 16.9 Å². The fourth-order valence-corrected chi connectivity index (χ4v) is 1.53. The average Bonchev–Trinajstić information content (AvgIpc) is 2.15. The minimum Gasteiger partial charge on any atom is -0.481 e. The highest BCUT2D eigenvalue weighted by atomic mass is 16.6. The van der Waals surface area contributed by atoms with Crippen LogP contribution in [0, 0.1) is 17.0 Å². The smallest absolute Gasteiger partial charge is 0.305 e. The number of nitrogens with two attached hydrogens (primary N) is 1. The molecule has 1 aromatic rings. The maximum Gasteiger partial charge on any atom is 0.305 e. The summed E-state index contributed by atoms with van der Waals surface area (Å²) in [6, 6.07) is 3.84. The second-order valence-electron chi connectivity index (χ2n) is 3.47. The first-order valence-corrected chi connectivity index (χ1v) is 4.64. The van der Waals surface area contributed by atoms with Gasteiger partial charge in [-0.3, -0.25) is 14.9 Å². The Morgan fingerprint density at radius 1 is 1.62 bits per heavy atom. The van der Waals surface area contributed by atoms with E-state index in [1.54, 1.807) is 19.1 Å². The number of para-hydroxylation sites is 1. The first kappa shape index (κ1) is 12.1. The van der Waals surface area contributed by atoms with E-state index in [4.69, 9.17) is 10.8 Å². The second kappa shape index (κ2) is 4.71. The van der Waals surface area contributed by atoms with Crippen LogP contribution in [0.5, 0.6) is 0 Å². The van der Waals surface area contributed by atoms with Gasteiger partial charge in [-0.2, -0.15) is 0 Å². The molecule has 1 unspecified atom stereocenters. The van der Waals surface area contributed by atoms with Crippen LogP contribution in [0.2, 0.25) is 0 Å². The Bertz CT molecular complexity index is 431. The lowest BCUT2D eigenvalue weighted by molar-refractivity contribution is -0.386. The number of nitro benzene ring substituents is 1. The van der Waals surface area contributed by atoms with E-state index in [-0.39, 0.29) is 17.7 Å². The Morgan fingerprint density at radius 2 is 2.25 bits per heavy atom. The molecule has 0 saturated heterocycles. The zero-order valence-corrected chi connectivity index (χ0v) is 8.71. The predicted octanol–water partition coefficient (Wildman–Crippen LogP) is 1.38. The molecular weight excluding hydrogens is 212 g/mol. The van der Waals surface area contributed by atoms with E-state index in [1.165, 1.54) is 6.07 Å². The van der Waals surface area contributed by atoms with Crippen molar-refractivity contribution in [1.29, 1.82) is 0 Å². The maximum atomic E-state index is 10.8. The third kappa shape index (κ3) is 2.54. The quantitative estimate of drug-likeness (QED) is 0.593. The van der Waals surface area contributed by atoms with E-state index in [0.717, 1.165) is 0 Å². The number of benzene rings is 1. The Hall–Kier alpha value is -1.95. The molecule has 0 spiro atoms. The molecule has 86 valence electrons. The molecule has 6 nitrogen and oxygen atoms in total. The summed E-state index contributed by atoms with van der Waals surface area (Å²) < 4.78 is 0. The van der Waals surface area contributed by atoms with E-state index in [0.29, 0.717) is 5.56 Å². The Balaban J connectivity index is 3.17. The highest BCUT2D eigenvalue weighted by Gasteiger charge is 2.22. The van der Waals surface area contributed by atoms with Gasteiger partial charge in [0.05, 0.1) is 11.3 Å². The van der Waals surface area contributed by atoms with E-state index >= 15 is 0 Å². The molecule has 3 N–H and O–H groups in total. The van der Waals surface area contributed by atoms with Crippen molar-refractivity contribution < 1.29 is 14.8 Å². The van der Waals surface area contributed by atoms with E-state index in [1.807, 2.05) is 0 Å². The third-order valence-corrected chi connectivity index (χ3v) is 2.25. The minimum absolute atomic E-state index is 0.101. The predicted molar refractivity (Wildman–Crippen MR) is 57.0 cm³/mol. The summed E-state index contributed by atoms with van der Waals surface area (Å²) in [5.41, 5.74) is 6.25. The number of hydrogen-bond donors (Lipinski definition) is 2. The Labute approximate surface area is 91.8 Å². The van der Waals surface area contributed by atoms with Gasteiger partial charge in [-0.15, -0.1) is 0 Å². The van der Waals surface area contributed by atoms with Crippen molar-refractivity contribution >= 4 is 11.7 Å². The van der Waals surface area contributed by atoms with Crippen molar-refractivity contribution in [3.63, 3.8) is 0 Å². The second-order valence-corrected chi connectivity index (χ2v) is 3.47. The van der Waals surface area contributed by atoms with Crippen LogP contribution in [-0.2, 0) is 4.79 Å². The van der Waals surface area contributed by atoms with Gasteiger partial charge in [0.25, 0.3) is 5.69 Å². The molecule has 0 amide bonds. The van der Waals surface area contributed by atoms with E-state index in [2.05, 4.69) is 0 Å². The van der Waals surface area contributed by atoms with Crippen molar-refractivity contribution in [2.45, 2.75) is 19.4 Å². The molecule has 1 rings (SSSR count). The van der Waals surface area contributed by atoms with Crippen LogP contribution < -0.4 is 5.73 Å². The van der Waals surface area contributed by atoms with Gasteiger partial charge < -0.3 is 10.8 Å². The number of hydrogen-bond acceptors (Lipinski definition) is 4. The zero-order chi connectivity index (χ0) is 12.3. The summed E-state index contributed by atoms with van der Waals surface area (Å²) in [5.74, 6) is -1.08. The molecule has 0 aromatic heterocycles. The van der Waals surface area contributed by atoms with Crippen molar-refractivity contribution in [2.75, 3.05) is 0 Å². The molecule has 6 heteroatoms. The number of nitro groups is 1. The van der Waals surface area contributed by atoms with Gasteiger partial charge in [0, 0.05) is 17.2 Å². The first-order valence-electron chi connectivity index (χ1n) is 4.64. The van der Waals surface area contributed by atoms with Crippen LogP contribution in [0.25, 0.3) is 0 Å². The lowest BCUT2D eigenvalue weighted by atomic mass is 10.00. The summed E-state index contributed by atoms with van der Waals surface area (Å²) in [5, 5.41) is 19.4. The fourth-order valence-electron chi connectivity index (χ4n) is 1.53. The Kier molecular flexibility index (Phi) is 3.57. The molecule has 0 bridgehead atoms. The lowest BCUT2D eigenvalue weighted by Gasteiger charge is -2.10. The van der Waals surface area contributed by atoms with Crippen molar-refractivity contribution in [3.8, 4) is 0 Å². The van der Waals surface area contributed by atoms with Crippen LogP contribution in [0.1, 0.15) is 23.6 Å². The Morgan fingerprint density at radius 3 is 2.75 bits per heavy atom. The number of carboxylic acids is 1. The molecule has 0 aliphatic carbocycles. The molecule has 0 saturated carbocycles. The van der Waals surface area contributed by atoms with Gasteiger partial charge in [0.15, 0.2) is 0 Å². The number of carbonyl (C=O) groups is 1. The summed E-state index contributed by atoms with van der Waals surface area (Å²) in [6.45, 7) is 1.59. The van der Waals surface area contributed by atoms with Gasteiger partial charge >= 0.3 is 5.97 Å². The topological polar surface area (TPSA) is 106 Å². The van der Waals surface area contributed by atoms with Gasteiger partial charge in [0.1, 0.15) is 0 Å². The molecule has 0 aliphatic rings. The average molecular weight is 224 g/mol. The molecular formula is C10H12N2O4. The molecule has 0 radical (unpaired) electrons. The highest BCUT2D eigenvalue weighted by Crippen LogP contribution is 2.28. The van der Waals surface area contributed by atoms with Crippen LogP contribution in [0.4, 0.5) is 5.69 Å². The summed E-state index contributed by atoms with van der Waals surface area (Å²) in [6.07, 6.45) is -0.329. The molecule has 1 atom stereocenters. The van der Waals surface area contributed by atoms with Gasteiger partial charge in [-0.05, 0) is 6.92 Å². The van der Waals surface area contributed by atoms with Crippen LogP contribution in [-0.4, -0.2) is 16.0 Å². The molecule has 0 aliphatic heterocycles. The number of aliphatic carboxylic acids is 1. The van der Waals surface area contributed by atoms with Crippen molar-refractivity contribution in [3.05, 3.63) is 39.4 Å². The van der Waals surface area contributed by atoms with Crippen molar-refractivity contribution in [2.24, 2.45) is 5.73 Å². The number of rotatable bonds is 4. The highest BCUT2D eigenvalue weighted by molar-refractivity contribution is 5.68. The maximum absolute atomic E-state index is 10.8. The molecule has 0 heterocycles. The zero-order valence-electron chi connectivity index (χ0n) is 8.71. The van der Waals surface area contributed by atoms with Crippen molar-refractivity contribution in [1.82, 2.24) is 0 Å². The fraction of sp³-hybridized carbons (Fsp3) is 0.300. The first-order chi connectivity index (χ1) is 7.43. The number of aryl methyl sites for hydroxylation is 1. The summed E-state index contributed by atoms with van der Waals surface area (Å²) >= 11 is 0. The monoisotopic (exact) mass is 224 g/mol. The molecule has 1 aromatic carbocycles. The molecule has 0 fully saturated rings. The number of carboxylic acid groups (broad SMARTS) is 1. The summed E-state index contributed by atoms with van der Waals surface area (Å²) in [7, 11) is 0. The minimum atomic E-state index is -1.08. The lowest BCUT2D eigenvalue weighted by Crippen LogP contribution is -2.16. The van der Waals surface area contributed by atoms with Crippen LogP contribution >= 0.6 is 0 Å². The third-order valence-electron chi connectivity index (χ3n) is 2.25.